The van der Waals surface area contributed by atoms with Crippen molar-refractivity contribution in [3.05, 3.63) is 0 Å². The molecule has 0 aromatic heterocycles. The molecule has 0 aliphatic rings. The fourth-order valence-corrected chi connectivity index (χ4v) is 4.01. The van der Waals surface area contributed by atoms with E-state index in [9.17, 15) is 74.6 Å². The zero-order valence-corrected chi connectivity index (χ0v) is 17.5. The largest absolute Gasteiger partial charge is 0.460 e. The first-order valence-corrected chi connectivity index (χ1v) is 11.7. The Morgan fingerprint density at radius 3 is 1.16 bits per heavy atom. The van der Waals surface area contributed by atoms with E-state index in [2.05, 4.69) is 0 Å². The van der Waals surface area contributed by atoms with Gasteiger partial charge in [0.2, 0.25) is 9.76 Å². The fraction of sp³-hybridized carbons (Fsp3) is 1.00. The molecule has 192 valence electrons. The smallest absolute Gasteiger partial charge is 0.459 e. The second kappa shape index (κ2) is 8.77. The Morgan fingerprint density at radius 1 is 0.531 bits per heavy atom. The van der Waals surface area contributed by atoms with Gasteiger partial charge in [0.15, 0.2) is 9.04 Å². The fourth-order valence-electron chi connectivity index (χ4n) is 1.79. The summed E-state index contributed by atoms with van der Waals surface area (Å²) in [6.45, 7) is 2.85. The number of alkyl halides is 17. The minimum absolute atomic E-state index is 1.08. The van der Waals surface area contributed by atoms with Crippen LogP contribution in [0, 0.1) is 0 Å². The minimum atomic E-state index is -8.59. The maximum Gasteiger partial charge on any atom is 0.460 e. The van der Waals surface area contributed by atoms with Crippen LogP contribution in [-0.4, -0.2) is 66.4 Å². The highest BCUT2D eigenvalue weighted by Gasteiger charge is 2.95. The van der Waals surface area contributed by atoms with Crippen molar-refractivity contribution in [3.63, 3.8) is 0 Å². The maximum atomic E-state index is 13.5. The van der Waals surface area contributed by atoms with Crippen molar-refractivity contribution < 1.29 is 78.8 Å². The van der Waals surface area contributed by atoms with Gasteiger partial charge in [-0.15, -0.1) is 0 Å². The summed E-state index contributed by atoms with van der Waals surface area (Å²) in [5.74, 6) is -55.9. The summed E-state index contributed by atoms with van der Waals surface area (Å²) in [4.78, 5) is 0. The van der Waals surface area contributed by atoms with Crippen LogP contribution in [0.2, 0.25) is 19.1 Å². The Bertz CT molecular complexity index is 642. The van der Waals surface area contributed by atoms with Crippen LogP contribution in [0.25, 0.3) is 0 Å². The SMILES string of the molecule is C[SiH](C)O[Si]CCC(F)(F)C(F)(F)C(F)(F)C(F)(F)C(F)(F)C(F)(F)C(F)(F)C(F)(F)F. The van der Waals surface area contributed by atoms with E-state index in [0.717, 1.165) is 0 Å². The average Bonchev–Trinajstić information content (AvgIpc) is 2.56. The van der Waals surface area contributed by atoms with Crippen molar-refractivity contribution in [3.8, 4) is 0 Å². The first-order chi connectivity index (χ1) is 13.7. The molecule has 32 heavy (non-hydrogen) atoms. The van der Waals surface area contributed by atoms with Gasteiger partial charge in [-0.2, -0.15) is 74.6 Å². The van der Waals surface area contributed by atoms with Crippen LogP contribution < -0.4 is 0 Å². The molecule has 0 fully saturated rings. The number of rotatable bonds is 11. The van der Waals surface area contributed by atoms with E-state index in [0.29, 0.717) is 0 Å². The molecule has 0 N–H and O–H groups in total. The summed E-state index contributed by atoms with van der Waals surface area (Å²) < 4.78 is 226. The molecule has 1 nitrogen and oxygen atoms in total. The molecule has 0 heterocycles. The summed E-state index contributed by atoms with van der Waals surface area (Å²) in [5, 5.41) is 0. The third kappa shape index (κ3) is 4.71. The molecule has 20 heteroatoms. The van der Waals surface area contributed by atoms with Gasteiger partial charge in [-0.1, -0.05) is 0 Å². The summed E-state index contributed by atoms with van der Waals surface area (Å²) >= 11 is 0. The first kappa shape index (κ1) is 31.2. The topological polar surface area (TPSA) is 9.23 Å². The van der Waals surface area contributed by atoms with Crippen LogP contribution >= 0.6 is 0 Å². The van der Waals surface area contributed by atoms with Crippen molar-refractivity contribution >= 4 is 18.8 Å². The number of halogens is 17. The summed E-state index contributed by atoms with van der Waals surface area (Å²) in [7, 11) is -3.04. The lowest BCUT2D eigenvalue weighted by molar-refractivity contribution is -0.461. The van der Waals surface area contributed by atoms with Gasteiger partial charge in [0.25, 0.3) is 0 Å². The average molecular weight is 550 g/mol. The van der Waals surface area contributed by atoms with E-state index >= 15 is 0 Å². The molecule has 0 atom stereocenters. The van der Waals surface area contributed by atoms with Gasteiger partial charge in [-0.25, -0.2) is 0 Å². The standard InChI is InChI=1S/C12H11F17OSi2/c1-32(2)30-31-4-3-5(13,14)6(15,16)7(17,18)8(19,20)9(21,22)10(23,24)11(25,26)12(27,28)29/h32H,3-4H2,1-2H3. The Kier molecular flexibility index (Phi) is 8.55. The molecule has 2 radical (unpaired) electrons. The van der Waals surface area contributed by atoms with Gasteiger partial charge in [0.05, 0.1) is 0 Å². The second-order valence-electron chi connectivity index (χ2n) is 6.46. The molecule has 0 spiro atoms. The van der Waals surface area contributed by atoms with Gasteiger partial charge in [0, 0.05) is 6.42 Å². The maximum absolute atomic E-state index is 13.5. The molecule has 0 aromatic rings. The van der Waals surface area contributed by atoms with Gasteiger partial charge >= 0.3 is 47.6 Å². The van der Waals surface area contributed by atoms with E-state index in [-0.39, 0.29) is 0 Å². The predicted molar refractivity (Wildman–Crippen MR) is 75.8 cm³/mol. The molecule has 0 bridgehead atoms. The molecule has 0 saturated carbocycles. The van der Waals surface area contributed by atoms with E-state index in [1.165, 1.54) is 13.1 Å². The lowest BCUT2D eigenvalue weighted by Crippen LogP contribution is -2.74. The first-order valence-electron chi connectivity index (χ1n) is 7.76. The second-order valence-corrected chi connectivity index (χ2v) is 10.3. The van der Waals surface area contributed by atoms with Crippen LogP contribution in [0.4, 0.5) is 74.6 Å². The van der Waals surface area contributed by atoms with Crippen molar-refractivity contribution in [1.82, 2.24) is 0 Å². The minimum Gasteiger partial charge on any atom is -0.459 e. The molecule has 0 amide bonds. The van der Waals surface area contributed by atoms with Gasteiger partial charge < -0.3 is 4.12 Å². The zero-order chi connectivity index (χ0) is 26.4. The lowest BCUT2D eigenvalue weighted by Gasteiger charge is -2.42. The molecule has 0 aliphatic heterocycles. The predicted octanol–water partition coefficient (Wildman–Crippen LogP) is 6.42. The van der Waals surface area contributed by atoms with Crippen LogP contribution in [-0.2, 0) is 4.12 Å². The third-order valence-electron chi connectivity index (χ3n) is 3.65. The molecule has 0 rings (SSSR count). The molecule has 0 aromatic carbocycles. The van der Waals surface area contributed by atoms with E-state index in [1.54, 1.807) is 0 Å². The summed E-state index contributed by atoms with van der Waals surface area (Å²) in [6, 6.07) is -1.23. The van der Waals surface area contributed by atoms with Gasteiger partial charge in [0.1, 0.15) is 0 Å². The van der Waals surface area contributed by atoms with Crippen molar-refractivity contribution in [2.75, 3.05) is 0 Å². The Morgan fingerprint density at radius 2 is 0.844 bits per heavy atom. The molecule has 0 unspecified atom stereocenters. The Hall–Kier alpha value is -0.796. The van der Waals surface area contributed by atoms with Crippen molar-refractivity contribution in [1.29, 1.82) is 0 Å². The Balaban J connectivity index is 6.30. The highest BCUT2D eigenvalue weighted by atomic mass is 28.3. The molecular weight excluding hydrogens is 539 g/mol. The summed E-state index contributed by atoms with van der Waals surface area (Å²) in [5.41, 5.74) is 0. The normalized spacial score (nSPS) is 16.1. The Labute approximate surface area is 171 Å². The summed E-state index contributed by atoms with van der Waals surface area (Å²) in [6.07, 6.45) is -10.2. The van der Waals surface area contributed by atoms with Gasteiger partial charge in [-0.05, 0) is 19.1 Å². The van der Waals surface area contributed by atoms with E-state index in [4.69, 9.17) is 4.12 Å². The lowest BCUT2D eigenvalue weighted by atomic mass is 9.88. The van der Waals surface area contributed by atoms with Crippen LogP contribution in [0.15, 0.2) is 0 Å². The van der Waals surface area contributed by atoms with Gasteiger partial charge in [-0.3, -0.25) is 0 Å². The van der Waals surface area contributed by atoms with E-state index < -0.39 is 78.9 Å². The number of hydrogen-bond donors (Lipinski definition) is 0. The third-order valence-corrected chi connectivity index (χ3v) is 6.65. The van der Waals surface area contributed by atoms with Crippen molar-refractivity contribution in [2.24, 2.45) is 0 Å². The molecular formula is C12H11F17OSi2. The van der Waals surface area contributed by atoms with E-state index in [1.807, 2.05) is 0 Å². The monoisotopic (exact) mass is 550 g/mol. The number of hydrogen-bond acceptors (Lipinski definition) is 1. The van der Waals surface area contributed by atoms with Crippen molar-refractivity contribution in [2.45, 2.75) is 73.2 Å². The molecule has 0 saturated heterocycles. The van der Waals surface area contributed by atoms with Crippen LogP contribution in [0.3, 0.4) is 0 Å². The highest BCUT2D eigenvalue weighted by molar-refractivity contribution is 6.56. The molecule has 0 aliphatic carbocycles. The van der Waals surface area contributed by atoms with Crippen LogP contribution in [0.1, 0.15) is 6.42 Å². The van der Waals surface area contributed by atoms with Crippen LogP contribution in [0.5, 0.6) is 0 Å². The zero-order valence-electron chi connectivity index (χ0n) is 15.3. The quantitative estimate of drug-likeness (QED) is 0.164. The highest BCUT2D eigenvalue weighted by Crippen LogP contribution is 2.64.